The quantitative estimate of drug-likeness (QED) is 0.811. The van der Waals surface area contributed by atoms with Crippen LogP contribution in [0.1, 0.15) is 59.7 Å². The summed E-state index contributed by atoms with van der Waals surface area (Å²) in [6, 6.07) is 16.1. The van der Waals surface area contributed by atoms with E-state index in [4.69, 9.17) is 4.74 Å². The number of ether oxygens (including phenoxy) is 1. The van der Waals surface area contributed by atoms with Crippen LogP contribution >= 0.6 is 0 Å². The fraction of sp³-hybridized carbons (Fsp3) is 0.417. The van der Waals surface area contributed by atoms with Crippen molar-refractivity contribution in [3.05, 3.63) is 64.7 Å². The van der Waals surface area contributed by atoms with Crippen molar-refractivity contribution in [2.75, 3.05) is 6.54 Å². The smallest absolute Gasteiger partial charge is 0.254 e. The second kappa shape index (κ2) is 8.67. The van der Waals surface area contributed by atoms with Crippen LogP contribution in [0, 0.1) is 11.3 Å². The van der Waals surface area contributed by atoms with E-state index in [1.54, 1.807) is 0 Å². The molecule has 2 aromatic carbocycles. The third-order valence-corrected chi connectivity index (χ3v) is 6.02. The molecule has 0 saturated heterocycles. The van der Waals surface area contributed by atoms with E-state index in [9.17, 15) is 10.1 Å². The number of nitriles is 1. The van der Waals surface area contributed by atoms with E-state index >= 15 is 0 Å². The van der Waals surface area contributed by atoms with Gasteiger partial charge in [-0.15, -0.1) is 0 Å². The first-order valence-electron chi connectivity index (χ1n) is 10.5. The van der Waals surface area contributed by atoms with E-state index < -0.39 is 0 Å². The number of nitrogens with zero attached hydrogens (tertiary/aromatic N) is 2. The van der Waals surface area contributed by atoms with Crippen LogP contribution in [0.4, 0.5) is 0 Å². The maximum Gasteiger partial charge on any atom is 0.254 e. The minimum Gasteiger partial charge on any atom is -0.489 e. The molecule has 1 aliphatic carbocycles. The average molecular weight is 389 g/mol. The van der Waals surface area contributed by atoms with Crippen LogP contribution < -0.4 is 10.1 Å². The number of amides is 1. The number of fused-ring (bicyclic) bond motifs is 1. The summed E-state index contributed by atoms with van der Waals surface area (Å²) in [4.78, 5) is 14.2. The van der Waals surface area contributed by atoms with Crippen LogP contribution in [0.3, 0.4) is 0 Å². The molecule has 29 heavy (non-hydrogen) atoms. The summed E-state index contributed by atoms with van der Waals surface area (Å²) in [5.41, 5.74) is 3.59. The van der Waals surface area contributed by atoms with Gasteiger partial charge in [0, 0.05) is 31.2 Å². The second-order valence-electron chi connectivity index (χ2n) is 7.84. The highest BCUT2D eigenvalue weighted by molar-refractivity contribution is 5.98. The van der Waals surface area contributed by atoms with Crippen LogP contribution in [-0.2, 0) is 13.1 Å². The Kier molecular flexibility index (Phi) is 5.82. The molecule has 1 N–H and O–H groups in total. The minimum atomic E-state index is 0.0930. The molecule has 1 saturated carbocycles. The van der Waals surface area contributed by atoms with Crippen molar-refractivity contribution in [3.63, 3.8) is 0 Å². The fourth-order valence-corrected chi connectivity index (χ4v) is 4.36. The zero-order valence-corrected chi connectivity index (χ0v) is 16.9. The monoisotopic (exact) mass is 389 g/mol. The number of nitrogens with one attached hydrogen (secondary N) is 1. The predicted octanol–water partition coefficient (Wildman–Crippen LogP) is 4.01. The Morgan fingerprint density at radius 3 is 2.86 bits per heavy atom. The number of hydrogen-bond donors (Lipinski definition) is 1. The molecule has 4 rings (SSSR count). The molecule has 0 spiro atoms. The van der Waals surface area contributed by atoms with Gasteiger partial charge in [-0.25, -0.2) is 0 Å². The van der Waals surface area contributed by atoms with Crippen LogP contribution in [0.2, 0.25) is 0 Å². The van der Waals surface area contributed by atoms with Gasteiger partial charge in [-0.2, -0.15) is 5.26 Å². The van der Waals surface area contributed by atoms with E-state index in [0.29, 0.717) is 13.1 Å². The summed E-state index contributed by atoms with van der Waals surface area (Å²) in [5, 5.41) is 12.9. The van der Waals surface area contributed by atoms with E-state index in [1.807, 2.05) is 54.3 Å². The molecule has 0 bridgehead atoms. The summed E-state index contributed by atoms with van der Waals surface area (Å²) in [7, 11) is 0. The van der Waals surface area contributed by atoms with Crippen molar-refractivity contribution >= 4 is 5.91 Å². The highest BCUT2D eigenvalue weighted by Crippen LogP contribution is 2.29. The lowest BCUT2D eigenvalue weighted by Crippen LogP contribution is -2.45. The molecule has 1 aliphatic heterocycles. The van der Waals surface area contributed by atoms with Crippen molar-refractivity contribution in [2.24, 2.45) is 0 Å². The van der Waals surface area contributed by atoms with Gasteiger partial charge >= 0.3 is 0 Å². The van der Waals surface area contributed by atoms with Crippen LogP contribution in [-0.4, -0.2) is 29.5 Å². The van der Waals surface area contributed by atoms with Gasteiger partial charge in [0.05, 0.1) is 11.6 Å². The molecule has 0 aromatic heterocycles. The SMILES string of the molecule is CCN1Cc2cc(OC3CCCCC3NCc3ccccc3C#N)ccc2C1=O. The zero-order chi connectivity index (χ0) is 20.2. The van der Waals surface area contributed by atoms with Gasteiger partial charge in [-0.05, 0) is 61.6 Å². The van der Waals surface area contributed by atoms with Crippen molar-refractivity contribution in [3.8, 4) is 11.8 Å². The molecule has 1 amide bonds. The van der Waals surface area contributed by atoms with Crippen molar-refractivity contribution in [1.29, 1.82) is 5.26 Å². The first-order valence-corrected chi connectivity index (χ1v) is 10.5. The molecule has 5 heteroatoms. The van der Waals surface area contributed by atoms with Crippen LogP contribution in [0.25, 0.3) is 0 Å². The highest BCUT2D eigenvalue weighted by atomic mass is 16.5. The third kappa shape index (κ3) is 4.13. The number of hydrogen-bond acceptors (Lipinski definition) is 4. The lowest BCUT2D eigenvalue weighted by atomic mass is 9.92. The Balaban J connectivity index is 1.44. The Labute approximate surface area is 172 Å². The molecule has 1 fully saturated rings. The van der Waals surface area contributed by atoms with Crippen molar-refractivity contribution in [2.45, 2.75) is 57.8 Å². The molecule has 2 unspecified atom stereocenters. The molecule has 2 aromatic rings. The molecule has 2 aliphatic rings. The van der Waals surface area contributed by atoms with Crippen molar-refractivity contribution < 1.29 is 9.53 Å². The third-order valence-electron chi connectivity index (χ3n) is 6.02. The van der Waals surface area contributed by atoms with Crippen LogP contribution in [0.15, 0.2) is 42.5 Å². The first kappa shape index (κ1) is 19.5. The Morgan fingerprint density at radius 1 is 1.21 bits per heavy atom. The van der Waals surface area contributed by atoms with Gasteiger partial charge in [0.15, 0.2) is 0 Å². The number of benzene rings is 2. The van der Waals surface area contributed by atoms with Gasteiger partial charge in [-0.1, -0.05) is 24.6 Å². The van der Waals surface area contributed by atoms with Gasteiger partial charge in [0.2, 0.25) is 0 Å². The summed E-state index contributed by atoms with van der Waals surface area (Å²) in [6.45, 7) is 4.06. The fourth-order valence-electron chi connectivity index (χ4n) is 4.36. The van der Waals surface area contributed by atoms with Crippen LogP contribution in [0.5, 0.6) is 5.75 Å². The number of rotatable bonds is 6. The lowest BCUT2D eigenvalue weighted by Gasteiger charge is -2.33. The maximum atomic E-state index is 12.3. The van der Waals surface area contributed by atoms with Gasteiger partial charge in [-0.3, -0.25) is 4.79 Å². The first-order chi connectivity index (χ1) is 14.2. The second-order valence-corrected chi connectivity index (χ2v) is 7.84. The Morgan fingerprint density at radius 2 is 2.03 bits per heavy atom. The number of carbonyl (C=O) groups excluding carboxylic acids is 1. The molecule has 2 atom stereocenters. The van der Waals surface area contributed by atoms with Gasteiger partial charge in [0.1, 0.15) is 11.9 Å². The molecule has 5 nitrogen and oxygen atoms in total. The Hall–Kier alpha value is -2.84. The highest BCUT2D eigenvalue weighted by Gasteiger charge is 2.29. The molecule has 1 heterocycles. The molecular weight excluding hydrogens is 362 g/mol. The van der Waals surface area contributed by atoms with E-state index in [0.717, 1.165) is 53.8 Å². The standard InChI is InChI=1S/C24H27N3O2/c1-2-27-16-19-13-20(11-12-21(19)24(27)28)29-23-10-6-5-9-22(23)26-15-18-8-4-3-7-17(18)14-25/h3-4,7-8,11-13,22-23,26H,2,5-6,9-10,15-16H2,1H3. The van der Waals surface area contributed by atoms with E-state index in [-0.39, 0.29) is 18.1 Å². The average Bonchev–Trinajstić information content (AvgIpc) is 3.08. The summed E-state index contributed by atoms with van der Waals surface area (Å²) < 4.78 is 6.38. The maximum absolute atomic E-state index is 12.3. The van der Waals surface area contributed by atoms with E-state index in [2.05, 4.69) is 11.4 Å². The number of carbonyl (C=O) groups is 1. The lowest BCUT2D eigenvalue weighted by molar-refractivity contribution is 0.0787. The topological polar surface area (TPSA) is 65.4 Å². The summed E-state index contributed by atoms with van der Waals surface area (Å²) in [5.74, 6) is 0.952. The van der Waals surface area contributed by atoms with Gasteiger partial charge in [0.25, 0.3) is 5.91 Å². The van der Waals surface area contributed by atoms with Gasteiger partial charge < -0.3 is 15.0 Å². The Bertz CT molecular complexity index is 934. The van der Waals surface area contributed by atoms with E-state index in [1.165, 1.54) is 6.42 Å². The molecule has 0 radical (unpaired) electrons. The summed E-state index contributed by atoms with van der Waals surface area (Å²) in [6.07, 6.45) is 4.50. The predicted molar refractivity (Wildman–Crippen MR) is 112 cm³/mol. The largest absolute Gasteiger partial charge is 0.489 e. The normalized spacial score (nSPS) is 21.0. The molecular formula is C24H27N3O2. The minimum absolute atomic E-state index is 0.0930. The van der Waals surface area contributed by atoms with Crippen molar-refractivity contribution in [1.82, 2.24) is 10.2 Å². The summed E-state index contributed by atoms with van der Waals surface area (Å²) >= 11 is 0. The molecule has 150 valence electrons. The zero-order valence-electron chi connectivity index (χ0n) is 16.9.